The smallest absolute Gasteiger partial charge is 0.123 e. The summed E-state index contributed by atoms with van der Waals surface area (Å²) in [4.78, 5) is 0. The number of hydrogen-bond acceptors (Lipinski definition) is 3. The molecule has 2 unspecified atom stereocenters. The van der Waals surface area contributed by atoms with E-state index < -0.39 is 0 Å². The summed E-state index contributed by atoms with van der Waals surface area (Å²) in [5.74, 6) is 1.51. The molecule has 0 spiro atoms. The first-order chi connectivity index (χ1) is 9.36. The number of rotatable bonds is 6. The number of para-hydroxylation sites is 1. The highest BCUT2D eigenvalue weighted by Crippen LogP contribution is 2.33. The van der Waals surface area contributed by atoms with E-state index in [0.717, 1.165) is 38.3 Å². The average Bonchev–Trinajstić information content (AvgIpc) is 2.49. The zero-order valence-electron chi connectivity index (χ0n) is 12.0. The van der Waals surface area contributed by atoms with E-state index in [4.69, 9.17) is 9.47 Å². The van der Waals surface area contributed by atoms with Crippen LogP contribution in [0.3, 0.4) is 0 Å². The van der Waals surface area contributed by atoms with Gasteiger partial charge in [0.05, 0.1) is 13.7 Å². The van der Waals surface area contributed by atoms with Gasteiger partial charge in [0.1, 0.15) is 5.75 Å². The lowest BCUT2D eigenvalue weighted by atomic mass is 9.88. The number of hydrogen-bond donors (Lipinski definition) is 1. The molecule has 1 N–H and O–H groups in total. The zero-order valence-corrected chi connectivity index (χ0v) is 12.0. The Morgan fingerprint density at radius 1 is 1.42 bits per heavy atom. The fourth-order valence-corrected chi connectivity index (χ4v) is 2.78. The molecule has 0 saturated carbocycles. The van der Waals surface area contributed by atoms with Crippen LogP contribution in [0.5, 0.6) is 5.75 Å². The first-order valence-electron chi connectivity index (χ1n) is 7.30. The predicted molar refractivity (Wildman–Crippen MR) is 77.6 cm³/mol. The Balaban J connectivity index is 2.19. The highest BCUT2D eigenvalue weighted by molar-refractivity contribution is 5.36. The Morgan fingerprint density at radius 3 is 2.95 bits per heavy atom. The second-order valence-corrected chi connectivity index (χ2v) is 5.15. The Bertz CT molecular complexity index is 375. The van der Waals surface area contributed by atoms with E-state index in [-0.39, 0.29) is 0 Å². The lowest BCUT2D eigenvalue weighted by Crippen LogP contribution is -2.34. The van der Waals surface area contributed by atoms with E-state index in [1.807, 2.05) is 12.1 Å². The fourth-order valence-electron chi connectivity index (χ4n) is 2.78. The summed E-state index contributed by atoms with van der Waals surface area (Å²) >= 11 is 0. The molecule has 1 aromatic rings. The minimum atomic E-state index is 0.330. The maximum absolute atomic E-state index is 5.66. The van der Waals surface area contributed by atoms with Gasteiger partial charge < -0.3 is 14.8 Å². The topological polar surface area (TPSA) is 30.5 Å². The standard InChI is InChI=1S/C16H25NO2/c1-3-10-17-16(13-7-6-11-19-12-13)14-8-4-5-9-15(14)18-2/h4-5,8-9,13,16-17H,3,6-7,10-12H2,1-2H3. The van der Waals surface area contributed by atoms with Crippen LogP contribution in [0.2, 0.25) is 0 Å². The van der Waals surface area contributed by atoms with Crippen LogP contribution in [0.25, 0.3) is 0 Å². The summed E-state index contributed by atoms with van der Waals surface area (Å²) < 4.78 is 11.2. The van der Waals surface area contributed by atoms with Gasteiger partial charge in [0, 0.05) is 24.1 Å². The van der Waals surface area contributed by atoms with Crippen LogP contribution in [-0.2, 0) is 4.74 Å². The Hall–Kier alpha value is -1.06. The van der Waals surface area contributed by atoms with Gasteiger partial charge in [0.25, 0.3) is 0 Å². The van der Waals surface area contributed by atoms with Gasteiger partial charge in [-0.05, 0) is 31.9 Å². The molecular formula is C16H25NO2. The molecule has 1 aromatic carbocycles. The third-order valence-electron chi connectivity index (χ3n) is 3.76. The van der Waals surface area contributed by atoms with E-state index in [9.17, 15) is 0 Å². The zero-order chi connectivity index (χ0) is 13.5. The molecule has 19 heavy (non-hydrogen) atoms. The first kappa shape index (κ1) is 14.4. The summed E-state index contributed by atoms with van der Waals surface area (Å²) in [7, 11) is 1.74. The molecule has 1 saturated heterocycles. The Morgan fingerprint density at radius 2 is 2.26 bits per heavy atom. The molecule has 1 aliphatic rings. The van der Waals surface area contributed by atoms with Crippen molar-refractivity contribution in [1.82, 2.24) is 5.32 Å². The van der Waals surface area contributed by atoms with Crippen LogP contribution in [-0.4, -0.2) is 26.9 Å². The number of benzene rings is 1. The summed E-state index contributed by atoms with van der Waals surface area (Å²) in [6, 6.07) is 8.65. The molecule has 0 radical (unpaired) electrons. The number of methoxy groups -OCH3 is 1. The molecule has 2 atom stereocenters. The van der Waals surface area contributed by atoms with Crippen LogP contribution in [0, 0.1) is 5.92 Å². The normalized spacial score (nSPS) is 21.1. The van der Waals surface area contributed by atoms with Gasteiger partial charge in [-0.1, -0.05) is 25.1 Å². The molecule has 3 heteroatoms. The van der Waals surface area contributed by atoms with E-state index >= 15 is 0 Å². The van der Waals surface area contributed by atoms with E-state index in [1.165, 1.54) is 12.0 Å². The maximum atomic E-state index is 5.66. The highest BCUT2D eigenvalue weighted by atomic mass is 16.5. The minimum Gasteiger partial charge on any atom is -0.496 e. The van der Waals surface area contributed by atoms with Gasteiger partial charge >= 0.3 is 0 Å². The third kappa shape index (κ3) is 3.71. The second-order valence-electron chi connectivity index (χ2n) is 5.15. The van der Waals surface area contributed by atoms with Gasteiger partial charge in [-0.2, -0.15) is 0 Å². The summed E-state index contributed by atoms with van der Waals surface area (Å²) in [6.45, 7) is 4.98. The van der Waals surface area contributed by atoms with Crippen molar-refractivity contribution < 1.29 is 9.47 Å². The SMILES string of the molecule is CCCNC(c1ccccc1OC)C1CCCOC1. The highest BCUT2D eigenvalue weighted by Gasteiger charge is 2.27. The number of nitrogens with one attached hydrogen (secondary N) is 1. The fraction of sp³-hybridized carbons (Fsp3) is 0.625. The maximum Gasteiger partial charge on any atom is 0.123 e. The van der Waals surface area contributed by atoms with Crippen molar-refractivity contribution in [3.8, 4) is 5.75 Å². The molecule has 2 rings (SSSR count). The molecule has 1 heterocycles. The summed E-state index contributed by atoms with van der Waals surface area (Å²) in [5, 5.41) is 3.67. The Kier molecular flexibility index (Phi) is 5.67. The summed E-state index contributed by atoms with van der Waals surface area (Å²) in [6.07, 6.45) is 3.52. The van der Waals surface area contributed by atoms with Crippen molar-refractivity contribution in [1.29, 1.82) is 0 Å². The lowest BCUT2D eigenvalue weighted by molar-refractivity contribution is 0.0387. The molecule has 106 valence electrons. The largest absolute Gasteiger partial charge is 0.496 e. The molecule has 0 bridgehead atoms. The van der Waals surface area contributed by atoms with E-state index in [0.29, 0.717) is 12.0 Å². The van der Waals surface area contributed by atoms with E-state index in [1.54, 1.807) is 7.11 Å². The van der Waals surface area contributed by atoms with Gasteiger partial charge in [-0.15, -0.1) is 0 Å². The van der Waals surface area contributed by atoms with Crippen molar-refractivity contribution in [2.75, 3.05) is 26.9 Å². The molecule has 0 aliphatic carbocycles. The van der Waals surface area contributed by atoms with Crippen LogP contribution >= 0.6 is 0 Å². The monoisotopic (exact) mass is 263 g/mol. The van der Waals surface area contributed by atoms with Crippen LogP contribution < -0.4 is 10.1 Å². The molecule has 1 fully saturated rings. The van der Waals surface area contributed by atoms with Gasteiger partial charge in [-0.3, -0.25) is 0 Å². The minimum absolute atomic E-state index is 0.330. The molecule has 3 nitrogen and oxygen atoms in total. The van der Waals surface area contributed by atoms with Gasteiger partial charge in [0.15, 0.2) is 0 Å². The van der Waals surface area contributed by atoms with Crippen molar-refractivity contribution in [3.63, 3.8) is 0 Å². The van der Waals surface area contributed by atoms with Crippen LogP contribution in [0.4, 0.5) is 0 Å². The quantitative estimate of drug-likeness (QED) is 0.855. The van der Waals surface area contributed by atoms with Crippen molar-refractivity contribution in [2.24, 2.45) is 5.92 Å². The molecular weight excluding hydrogens is 238 g/mol. The lowest BCUT2D eigenvalue weighted by Gasteiger charge is -2.32. The van der Waals surface area contributed by atoms with Crippen LogP contribution in [0.1, 0.15) is 37.8 Å². The second kappa shape index (κ2) is 7.51. The predicted octanol–water partition coefficient (Wildman–Crippen LogP) is 3.16. The summed E-state index contributed by atoms with van der Waals surface area (Å²) in [5.41, 5.74) is 1.26. The average molecular weight is 263 g/mol. The van der Waals surface area contributed by atoms with E-state index in [2.05, 4.69) is 24.4 Å². The van der Waals surface area contributed by atoms with Gasteiger partial charge in [-0.25, -0.2) is 0 Å². The van der Waals surface area contributed by atoms with Crippen molar-refractivity contribution in [2.45, 2.75) is 32.2 Å². The van der Waals surface area contributed by atoms with Crippen LogP contribution in [0.15, 0.2) is 24.3 Å². The Labute approximate surface area is 116 Å². The number of ether oxygens (including phenoxy) is 2. The molecule has 0 aromatic heterocycles. The molecule has 1 aliphatic heterocycles. The van der Waals surface area contributed by atoms with Gasteiger partial charge in [0.2, 0.25) is 0 Å². The molecule has 0 amide bonds. The third-order valence-corrected chi connectivity index (χ3v) is 3.76. The van der Waals surface area contributed by atoms with Crippen molar-refractivity contribution in [3.05, 3.63) is 29.8 Å². The first-order valence-corrected chi connectivity index (χ1v) is 7.30. The van der Waals surface area contributed by atoms with Crippen molar-refractivity contribution >= 4 is 0 Å².